The van der Waals surface area contributed by atoms with Crippen LogP contribution in [0.2, 0.25) is 0 Å². The van der Waals surface area contributed by atoms with E-state index in [0.29, 0.717) is 17.2 Å². The van der Waals surface area contributed by atoms with Crippen LogP contribution in [0.5, 0.6) is 28.7 Å². The maximum atomic E-state index is 6.97. The van der Waals surface area contributed by atoms with E-state index in [4.69, 9.17) is 27.1 Å². The molecule has 0 radical (unpaired) electrons. The molecule has 0 unspecified atom stereocenters. The normalized spacial score (nSPS) is 12.5. The van der Waals surface area contributed by atoms with Gasteiger partial charge in [-0.05, 0) is 76.8 Å². The number of rotatable bonds is 14. The zero-order chi connectivity index (χ0) is 42.5. The molecule has 0 heterocycles. The lowest BCUT2D eigenvalue weighted by molar-refractivity contribution is 0.251. The summed E-state index contributed by atoms with van der Waals surface area (Å²) >= 11 is 1.66. The zero-order valence-electron chi connectivity index (χ0n) is 36.9. The third-order valence-electron chi connectivity index (χ3n) is 9.52. The average Bonchev–Trinajstić information content (AvgIpc) is 3.14. The molecule has 0 aromatic heterocycles. The zero-order valence-corrected chi connectivity index (χ0v) is 39.5. The van der Waals surface area contributed by atoms with Crippen LogP contribution in [0.1, 0.15) is 116 Å². The lowest BCUT2D eigenvalue weighted by Crippen LogP contribution is -2.16. The fourth-order valence-electron chi connectivity index (χ4n) is 6.48. The molecule has 5 aromatic carbocycles. The molecular weight excluding hydrogens is 779 g/mol. The molecule has 0 aliphatic rings. The SMILES string of the molecule is CSc1cc(C)c(OP(Oc2ccccc2C(C)(C)C)Oc2ccccc2C(C)(C)C)c(COP(Oc2ccccc2C(C)(C)C)Oc2ccccc2C(C)(C)C)c1. The molecule has 0 saturated carbocycles. The second-order valence-electron chi connectivity index (χ2n) is 18.6. The molecule has 9 heteroatoms. The minimum absolute atomic E-state index is 0.145. The Balaban J connectivity index is 1.57. The van der Waals surface area contributed by atoms with Crippen LogP contribution in [0, 0.1) is 6.92 Å². The van der Waals surface area contributed by atoms with Crippen LogP contribution in [-0.2, 0) is 32.8 Å². The van der Waals surface area contributed by atoms with Gasteiger partial charge in [0.15, 0.2) is 0 Å². The number of aryl methyl sites for hydroxylation is 1. The highest BCUT2D eigenvalue weighted by Gasteiger charge is 2.31. The summed E-state index contributed by atoms with van der Waals surface area (Å²) in [6.07, 6.45) is 2.07. The van der Waals surface area contributed by atoms with E-state index < -0.39 is 17.2 Å². The topological polar surface area (TPSA) is 55.4 Å². The summed E-state index contributed by atoms with van der Waals surface area (Å²) in [4.78, 5) is 1.08. The lowest BCUT2D eigenvalue weighted by Gasteiger charge is -2.28. The third kappa shape index (κ3) is 11.9. The first kappa shape index (κ1) is 45.4. The predicted molar refractivity (Wildman–Crippen MR) is 245 cm³/mol. The molecule has 6 nitrogen and oxygen atoms in total. The summed E-state index contributed by atoms with van der Waals surface area (Å²) in [5.74, 6) is 3.50. The van der Waals surface area contributed by atoms with Crippen LogP contribution < -0.4 is 22.6 Å². The van der Waals surface area contributed by atoms with E-state index in [9.17, 15) is 0 Å². The minimum atomic E-state index is -2.02. The van der Waals surface area contributed by atoms with Crippen molar-refractivity contribution in [1.29, 1.82) is 0 Å². The maximum Gasteiger partial charge on any atom is 0.530 e. The number of thioether (sulfide) groups is 1. The molecule has 0 N–H and O–H groups in total. The van der Waals surface area contributed by atoms with E-state index in [1.807, 2.05) is 79.7 Å². The van der Waals surface area contributed by atoms with Gasteiger partial charge in [0.05, 0.1) is 6.61 Å². The van der Waals surface area contributed by atoms with Gasteiger partial charge in [0, 0.05) is 32.7 Å². The number of hydrogen-bond acceptors (Lipinski definition) is 7. The first-order chi connectivity index (χ1) is 27.1. The Morgan fingerprint density at radius 3 is 1.10 bits per heavy atom. The summed E-state index contributed by atoms with van der Waals surface area (Å²) in [5.41, 5.74) is 5.31. The lowest BCUT2D eigenvalue weighted by atomic mass is 9.86. The number of benzene rings is 5. The second-order valence-corrected chi connectivity index (χ2v) is 21.5. The highest BCUT2D eigenvalue weighted by molar-refractivity contribution is 7.98. The third-order valence-corrected chi connectivity index (χ3v) is 12.3. The van der Waals surface area contributed by atoms with E-state index >= 15 is 0 Å². The van der Waals surface area contributed by atoms with Crippen molar-refractivity contribution in [3.05, 3.63) is 143 Å². The fraction of sp³-hybridized carbons (Fsp3) is 0.388. The molecule has 0 bridgehead atoms. The van der Waals surface area contributed by atoms with Crippen molar-refractivity contribution in [2.45, 2.75) is 123 Å². The molecule has 0 spiro atoms. The average molecular weight is 841 g/mol. The number of para-hydroxylation sites is 4. The Hall–Kier alpha value is -3.73. The van der Waals surface area contributed by atoms with Crippen molar-refractivity contribution >= 4 is 29.0 Å². The van der Waals surface area contributed by atoms with Crippen molar-refractivity contribution in [3.8, 4) is 28.7 Å². The molecule has 5 rings (SSSR count). The summed E-state index contributed by atoms with van der Waals surface area (Å²) in [5, 5.41) is 0. The molecule has 0 aliphatic carbocycles. The first-order valence-corrected chi connectivity index (χ1v) is 23.3. The largest absolute Gasteiger partial charge is 0.530 e. The van der Waals surface area contributed by atoms with Gasteiger partial charge in [-0.15, -0.1) is 11.8 Å². The predicted octanol–water partition coefficient (Wildman–Crippen LogP) is 15.6. The molecule has 0 atom stereocenters. The van der Waals surface area contributed by atoms with Crippen LogP contribution in [-0.4, -0.2) is 6.26 Å². The summed E-state index contributed by atoms with van der Waals surface area (Å²) < 4.78 is 40.9. The van der Waals surface area contributed by atoms with Gasteiger partial charge in [0.2, 0.25) is 0 Å². The minimum Gasteiger partial charge on any atom is -0.417 e. The van der Waals surface area contributed by atoms with E-state index in [2.05, 4.69) is 126 Å². The first-order valence-electron chi connectivity index (χ1n) is 19.8. The van der Waals surface area contributed by atoms with Crippen molar-refractivity contribution in [3.63, 3.8) is 0 Å². The highest BCUT2D eigenvalue weighted by atomic mass is 32.2. The quantitative estimate of drug-likeness (QED) is 0.0815. The van der Waals surface area contributed by atoms with Crippen molar-refractivity contribution in [2.24, 2.45) is 0 Å². The van der Waals surface area contributed by atoms with Crippen molar-refractivity contribution in [1.82, 2.24) is 0 Å². The van der Waals surface area contributed by atoms with Gasteiger partial charge in [-0.1, -0.05) is 156 Å². The van der Waals surface area contributed by atoms with E-state index in [1.165, 1.54) is 0 Å². The van der Waals surface area contributed by atoms with Crippen molar-refractivity contribution < 1.29 is 27.1 Å². The van der Waals surface area contributed by atoms with Crippen LogP contribution in [0.3, 0.4) is 0 Å². The Morgan fingerprint density at radius 1 is 0.448 bits per heavy atom. The molecule has 5 aromatic rings. The molecule has 58 heavy (non-hydrogen) atoms. The smallest absolute Gasteiger partial charge is 0.417 e. The highest BCUT2D eigenvalue weighted by Crippen LogP contribution is 2.51. The molecule has 0 fully saturated rings. The Morgan fingerprint density at radius 2 is 0.776 bits per heavy atom. The molecular formula is C49H62O6P2S. The Labute approximate surface area is 355 Å². The molecule has 0 aliphatic heterocycles. The van der Waals surface area contributed by atoms with E-state index in [1.54, 1.807) is 11.8 Å². The molecule has 0 saturated heterocycles. The van der Waals surface area contributed by atoms with Crippen LogP contribution in [0.15, 0.2) is 114 Å². The van der Waals surface area contributed by atoms with Gasteiger partial charge in [-0.25, -0.2) is 0 Å². The molecule has 310 valence electrons. The summed E-state index contributed by atoms with van der Waals surface area (Å²) in [6.45, 7) is 28.3. The van der Waals surface area contributed by atoms with Gasteiger partial charge in [-0.2, -0.15) is 0 Å². The van der Waals surface area contributed by atoms with E-state index in [-0.39, 0.29) is 28.3 Å². The van der Waals surface area contributed by atoms with Gasteiger partial charge in [0.1, 0.15) is 28.7 Å². The Bertz CT molecular complexity index is 2020. The monoisotopic (exact) mass is 840 g/mol. The summed E-state index contributed by atoms with van der Waals surface area (Å²) in [6, 6.07) is 36.6. The van der Waals surface area contributed by atoms with Gasteiger partial charge < -0.3 is 22.6 Å². The second kappa shape index (κ2) is 18.7. The summed E-state index contributed by atoms with van der Waals surface area (Å²) in [7, 11) is -3.98. The fourth-order valence-corrected chi connectivity index (χ4v) is 9.22. The van der Waals surface area contributed by atoms with E-state index in [0.717, 1.165) is 49.8 Å². The van der Waals surface area contributed by atoms with Crippen LogP contribution in [0.25, 0.3) is 0 Å². The molecule has 0 amide bonds. The van der Waals surface area contributed by atoms with Crippen LogP contribution >= 0.6 is 29.0 Å². The maximum absolute atomic E-state index is 6.97. The standard InChI is InChI=1S/C49H62O6P2S/c1-34-31-36(58-14)32-35(33-50-56(51-41-27-19-15-23-37(41)46(2,3)4)52-42-28-20-16-24-38(42)47(5,6)7)45(34)55-57(53-43-29-21-17-25-39(43)48(8,9)10)54-44-30-22-18-26-40(44)49(11,12)13/h15-32H,33H2,1-14H3. The van der Waals surface area contributed by atoms with Gasteiger partial charge in [0.25, 0.3) is 0 Å². The Kier molecular flexibility index (Phi) is 14.6. The number of hydrogen-bond donors (Lipinski definition) is 0. The van der Waals surface area contributed by atoms with Gasteiger partial charge in [-0.3, -0.25) is 4.52 Å². The van der Waals surface area contributed by atoms with Crippen molar-refractivity contribution in [2.75, 3.05) is 6.26 Å². The van der Waals surface area contributed by atoms with Crippen LogP contribution in [0.4, 0.5) is 0 Å². The van der Waals surface area contributed by atoms with Gasteiger partial charge >= 0.3 is 17.2 Å².